The molecule has 0 radical (unpaired) electrons. The minimum absolute atomic E-state index is 0.0667. The van der Waals surface area contributed by atoms with Crippen LogP contribution in [-0.4, -0.2) is 36.6 Å². The molecule has 3 rings (SSSR count). The molecule has 1 aliphatic heterocycles. The number of aryl methyl sites for hydroxylation is 1. The molecule has 6 nitrogen and oxygen atoms in total. The molecule has 0 aliphatic carbocycles. The normalized spacial score (nSPS) is 13.7. The van der Waals surface area contributed by atoms with E-state index in [1.54, 1.807) is 30.3 Å². The van der Waals surface area contributed by atoms with Crippen LogP contribution in [0.4, 0.5) is 0 Å². The molecule has 0 saturated carbocycles. The Bertz CT molecular complexity index is 816. The highest BCUT2D eigenvalue weighted by atomic mass is 16.6. The maximum Gasteiger partial charge on any atom is 0.220 e. The number of Topliss-reactive ketones (excluding diaryl/α,β-unsaturated/α-hetero) is 1. The molecular formula is C21H23NO5. The van der Waals surface area contributed by atoms with Crippen molar-refractivity contribution in [1.29, 1.82) is 0 Å². The van der Waals surface area contributed by atoms with Crippen LogP contribution in [-0.2, 0) is 4.79 Å². The number of aliphatic hydroxyl groups is 1. The molecule has 1 unspecified atom stereocenters. The summed E-state index contributed by atoms with van der Waals surface area (Å²) in [5, 5.41) is 12.9. The summed E-state index contributed by atoms with van der Waals surface area (Å²) >= 11 is 0. The number of benzene rings is 2. The molecule has 0 spiro atoms. The minimum Gasteiger partial charge on any atom is -0.486 e. The molecule has 0 fully saturated rings. The van der Waals surface area contributed by atoms with Crippen LogP contribution in [0.2, 0.25) is 0 Å². The summed E-state index contributed by atoms with van der Waals surface area (Å²) in [6.07, 6.45) is -0.646. The fourth-order valence-electron chi connectivity index (χ4n) is 2.79. The van der Waals surface area contributed by atoms with Crippen molar-refractivity contribution in [2.45, 2.75) is 25.9 Å². The van der Waals surface area contributed by atoms with E-state index in [2.05, 4.69) is 5.32 Å². The number of ether oxygens (including phenoxy) is 2. The van der Waals surface area contributed by atoms with Gasteiger partial charge in [0, 0.05) is 24.9 Å². The second kappa shape index (κ2) is 8.68. The molecule has 2 aromatic rings. The Morgan fingerprint density at radius 1 is 1.04 bits per heavy atom. The van der Waals surface area contributed by atoms with E-state index in [4.69, 9.17) is 9.47 Å². The minimum atomic E-state index is -0.863. The quantitative estimate of drug-likeness (QED) is 0.733. The number of ketones is 1. The Hall–Kier alpha value is -2.86. The van der Waals surface area contributed by atoms with Crippen LogP contribution in [0.1, 0.15) is 40.4 Å². The van der Waals surface area contributed by atoms with Crippen molar-refractivity contribution in [3.05, 3.63) is 59.2 Å². The maximum atomic E-state index is 12.1. The van der Waals surface area contributed by atoms with E-state index < -0.39 is 6.10 Å². The molecule has 27 heavy (non-hydrogen) atoms. The van der Waals surface area contributed by atoms with Gasteiger partial charge in [-0.05, 0) is 24.6 Å². The molecule has 0 bridgehead atoms. The Labute approximate surface area is 158 Å². The molecular weight excluding hydrogens is 346 g/mol. The number of hydrogen-bond donors (Lipinski definition) is 2. The summed E-state index contributed by atoms with van der Waals surface area (Å²) in [6.45, 7) is 3.00. The molecule has 2 aromatic carbocycles. The van der Waals surface area contributed by atoms with Crippen molar-refractivity contribution in [1.82, 2.24) is 5.32 Å². The van der Waals surface area contributed by atoms with Crippen LogP contribution in [0, 0.1) is 6.92 Å². The van der Waals surface area contributed by atoms with Crippen LogP contribution in [0.5, 0.6) is 11.5 Å². The van der Waals surface area contributed by atoms with Gasteiger partial charge >= 0.3 is 0 Å². The molecule has 1 atom stereocenters. The summed E-state index contributed by atoms with van der Waals surface area (Å²) in [6, 6.07) is 12.5. The molecule has 1 aliphatic rings. The average molecular weight is 369 g/mol. The highest BCUT2D eigenvalue weighted by Gasteiger charge is 2.16. The number of carbonyl (C=O) groups is 2. The highest BCUT2D eigenvalue weighted by molar-refractivity contribution is 5.97. The van der Waals surface area contributed by atoms with Gasteiger partial charge in [-0.3, -0.25) is 9.59 Å². The lowest BCUT2D eigenvalue weighted by Crippen LogP contribution is -2.28. The van der Waals surface area contributed by atoms with Gasteiger partial charge < -0.3 is 19.9 Å². The van der Waals surface area contributed by atoms with Gasteiger partial charge in [0.25, 0.3) is 0 Å². The molecule has 1 heterocycles. The van der Waals surface area contributed by atoms with Gasteiger partial charge in [0.15, 0.2) is 17.3 Å². The molecule has 0 aromatic heterocycles. The van der Waals surface area contributed by atoms with Gasteiger partial charge in [-0.1, -0.05) is 35.9 Å². The van der Waals surface area contributed by atoms with Gasteiger partial charge in [0.2, 0.25) is 5.91 Å². The zero-order chi connectivity index (χ0) is 19.2. The van der Waals surface area contributed by atoms with E-state index in [0.29, 0.717) is 35.8 Å². The third kappa shape index (κ3) is 5.08. The second-order valence-corrected chi connectivity index (χ2v) is 6.51. The molecule has 2 N–H and O–H groups in total. The largest absolute Gasteiger partial charge is 0.486 e. The van der Waals surface area contributed by atoms with E-state index in [9.17, 15) is 14.7 Å². The molecule has 142 valence electrons. The smallest absolute Gasteiger partial charge is 0.220 e. The average Bonchev–Trinajstić information content (AvgIpc) is 2.70. The number of fused-ring (bicyclic) bond motifs is 1. The number of carbonyl (C=O) groups excluding carboxylic acids is 2. The summed E-state index contributed by atoms with van der Waals surface area (Å²) in [7, 11) is 0. The van der Waals surface area contributed by atoms with Crippen molar-refractivity contribution in [3.63, 3.8) is 0 Å². The summed E-state index contributed by atoms with van der Waals surface area (Å²) in [5.74, 6) is 0.897. The van der Waals surface area contributed by atoms with Gasteiger partial charge in [-0.25, -0.2) is 0 Å². The van der Waals surface area contributed by atoms with E-state index in [-0.39, 0.29) is 31.1 Å². The predicted molar refractivity (Wildman–Crippen MR) is 100 cm³/mol. The van der Waals surface area contributed by atoms with Gasteiger partial charge in [0.05, 0.1) is 6.10 Å². The number of rotatable bonds is 7. The van der Waals surface area contributed by atoms with Crippen molar-refractivity contribution in [2.24, 2.45) is 0 Å². The Morgan fingerprint density at radius 3 is 2.48 bits per heavy atom. The van der Waals surface area contributed by atoms with Crippen LogP contribution in [0.3, 0.4) is 0 Å². The lowest BCUT2D eigenvalue weighted by molar-refractivity contribution is -0.121. The second-order valence-electron chi connectivity index (χ2n) is 6.51. The fourth-order valence-corrected chi connectivity index (χ4v) is 2.79. The highest BCUT2D eigenvalue weighted by Crippen LogP contribution is 2.32. The molecule has 1 amide bonds. The van der Waals surface area contributed by atoms with Gasteiger partial charge in [-0.15, -0.1) is 0 Å². The Kier molecular flexibility index (Phi) is 6.08. The number of amides is 1. The third-order valence-corrected chi connectivity index (χ3v) is 4.40. The van der Waals surface area contributed by atoms with Crippen molar-refractivity contribution in [2.75, 3.05) is 19.8 Å². The summed E-state index contributed by atoms with van der Waals surface area (Å²) in [4.78, 5) is 24.1. The van der Waals surface area contributed by atoms with E-state index in [1.807, 2.05) is 19.1 Å². The van der Waals surface area contributed by atoms with Crippen LogP contribution in [0.25, 0.3) is 0 Å². The number of nitrogens with one attached hydrogen (secondary N) is 1. The Morgan fingerprint density at radius 2 is 1.74 bits per heavy atom. The monoisotopic (exact) mass is 369 g/mol. The van der Waals surface area contributed by atoms with Gasteiger partial charge in [0.1, 0.15) is 13.2 Å². The molecule has 0 saturated heterocycles. The lowest BCUT2D eigenvalue weighted by atomic mass is 10.0. The fraction of sp³-hybridized carbons (Fsp3) is 0.333. The number of aliphatic hydroxyl groups excluding tert-OH is 1. The maximum absolute atomic E-state index is 12.1. The topological polar surface area (TPSA) is 84.9 Å². The first-order valence-corrected chi connectivity index (χ1v) is 8.97. The van der Waals surface area contributed by atoms with Crippen LogP contribution < -0.4 is 14.8 Å². The summed E-state index contributed by atoms with van der Waals surface area (Å²) < 4.78 is 10.9. The van der Waals surface area contributed by atoms with E-state index in [1.165, 1.54) is 0 Å². The van der Waals surface area contributed by atoms with Crippen LogP contribution in [0.15, 0.2) is 42.5 Å². The first kappa shape index (κ1) is 18.9. The van der Waals surface area contributed by atoms with Crippen LogP contribution >= 0.6 is 0 Å². The van der Waals surface area contributed by atoms with Crippen molar-refractivity contribution in [3.8, 4) is 11.5 Å². The Balaban J connectivity index is 1.46. The first-order chi connectivity index (χ1) is 13.0. The van der Waals surface area contributed by atoms with Crippen molar-refractivity contribution < 1.29 is 24.2 Å². The predicted octanol–water partition coefficient (Wildman–Crippen LogP) is 2.58. The molecule has 6 heteroatoms. The van der Waals surface area contributed by atoms with E-state index >= 15 is 0 Å². The SMILES string of the molecule is Cc1ccc(C(=O)CCC(=O)NCC(O)c2ccc3c(c2)OCCO3)cc1. The standard InChI is InChI=1S/C21H23NO5/c1-14-2-4-15(5-3-14)17(23)7-9-21(25)22-13-18(24)16-6-8-19-20(12-16)27-11-10-26-19/h2-6,8,12,18,24H,7,9-11,13H2,1H3,(H,22,25). The van der Waals surface area contributed by atoms with Crippen molar-refractivity contribution >= 4 is 11.7 Å². The zero-order valence-corrected chi connectivity index (χ0v) is 15.2. The lowest BCUT2D eigenvalue weighted by Gasteiger charge is -2.20. The first-order valence-electron chi connectivity index (χ1n) is 8.97. The van der Waals surface area contributed by atoms with Gasteiger partial charge in [-0.2, -0.15) is 0 Å². The van der Waals surface area contributed by atoms with E-state index in [0.717, 1.165) is 5.56 Å². The number of hydrogen-bond acceptors (Lipinski definition) is 5. The third-order valence-electron chi connectivity index (χ3n) is 4.40. The zero-order valence-electron chi connectivity index (χ0n) is 15.2. The summed E-state index contributed by atoms with van der Waals surface area (Å²) in [5.41, 5.74) is 2.32.